The Morgan fingerprint density at radius 3 is 1.66 bits per heavy atom. The van der Waals surface area contributed by atoms with Crippen LogP contribution in [-0.2, 0) is 12.8 Å². The molecule has 0 aliphatic carbocycles. The van der Waals surface area contributed by atoms with E-state index in [1.54, 1.807) is 30.3 Å². The number of hydrogen-bond acceptors (Lipinski definition) is 9. The Bertz CT molecular complexity index is 1840. The maximum atomic E-state index is 13.3. The summed E-state index contributed by atoms with van der Waals surface area (Å²) in [5.74, 6) is -0.866. The Kier molecular flexibility index (Phi) is 13.3. The zero-order chi connectivity index (χ0) is 28.4. The second-order valence-corrected chi connectivity index (χ2v) is 9.51. The third-order valence-electron chi connectivity index (χ3n) is 5.86. The molecule has 10 nitrogen and oxygen atoms in total. The summed E-state index contributed by atoms with van der Waals surface area (Å²) in [7, 11) is 0. The molecule has 14 heteroatoms. The first kappa shape index (κ1) is 37.3. The fourth-order valence-corrected chi connectivity index (χ4v) is 4.65. The molecule has 6 rings (SSSR count). The van der Waals surface area contributed by atoms with Crippen molar-refractivity contribution < 1.29 is 23.0 Å². The number of rotatable bonds is 5. The van der Waals surface area contributed by atoms with Crippen LogP contribution in [0.5, 0.6) is 0 Å². The van der Waals surface area contributed by atoms with Crippen molar-refractivity contribution in [2.45, 2.75) is 42.5 Å². The quantitative estimate of drug-likeness (QED) is 0.110. The molecule has 0 saturated heterocycles. The molecule has 0 radical (unpaired) electrons. The lowest BCUT2D eigenvalue weighted by atomic mass is 10.0. The molecule has 0 fully saturated rings. The molecule has 4 aromatic carbocycles. The lowest BCUT2D eigenvalue weighted by Gasteiger charge is -2.06. The summed E-state index contributed by atoms with van der Waals surface area (Å²) in [6.07, 6.45) is 0.614. The highest BCUT2D eigenvalue weighted by Gasteiger charge is 2.22. The molecule has 2 heterocycles. The fourth-order valence-electron chi connectivity index (χ4n) is 4.16. The van der Waals surface area contributed by atoms with E-state index in [9.17, 15) is 18.9 Å². The van der Waals surface area contributed by atoms with Gasteiger partial charge in [0.25, 0.3) is 0 Å². The molecule has 6 aromatic rings. The fraction of sp³-hybridized carbons (Fsp3) is 0.200. The monoisotopic (exact) mass is 648 g/mol. The largest absolute Gasteiger partial charge is 0.397 e. The topological polar surface area (TPSA) is 147 Å². The maximum absolute atomic E-state index is 13.3. The SMILES string of the molecule is C.C.C.C.Nc1c(Cc2cc(F)cc(Cl)c2)ccc2nonc12.O=[N+]([O-])c1c(Cc2cc(F)cc(Cl)c2)ccc2nonc12. The smallest absolute Gasteiger partial charge is 0.304 e. The highest BCUT2D eigenvalue weighted by Crippen LogP contribution is 2.30. The molecule has 0 saturated carbocycles. The van der Waals surface area contributed by atoms with Crippen LogP contribution in [0, 0.1) is 21.7 Å². The van der Waals surface area contributed by atoms with Crippen molar-refractivity contribution >= 4 is 56.6 Å². The minimum atomic E-state index is -0.553. The van der Waals surface area contributed by atoms with Crippen LogP contribution in [0.15, 0.2) is 69.9 Å². The van der Waals surface area contributed by atoms with Crippen LogP contribution in [0.1, 0.15) is 52.0 Å². The molecule has 0 unspecified atom stereocenters. The molecule has 234 valence electrons. The van der Waals surface area contributed by atoms with Crippen molar-refractivity contribution in [2.24, 2.45) is 0 Å². The van der Waals surface area contributed by atoms with Crippen LogP contribution in [0.3, 0.4) is 0 Å². The van der Waals surface area contributed by atoms with Gasteiger partial charge in [0.05, 0.1) is 10.6 Å². The zero-order valence-electron chi connectivity index (χ0n) is 20.1. The van der Waals surface area contributed by atoms with Gasteiger partial charge in [0, 0.05) is 22.0 Å². The van der Waals surface area contributed by atoms with Gasteiger partial charge in [-0.05, 0) is 98.3 Å². The van der Waals surface area contributed by atoms with Gasteiger partial charge in [-0.15, -0.1) is 0 Å². The van der Waals surface area contributed by atoms with E-state index < -0.39 is 10.7 Å². The van der Waals surface area contributed by atoms with E-state index in [-0.39, 0.29) is 58.2 Å². The standard InChI is InChI=1S/C13H7ClFN3O3.C13H9ClFN3O.4CH4/c14-9-4-7(5-10(15)6-9)3-8-1-2-11-12(17-21-16-11)13(8)18(19)20;14-9-4-7(5-10(15)6-9)3-8-1-2-11-13(12(8)16)18-19-17-11;;;;/h1-2,4-6H,3H2;1-2,4-6H,3,16H2;4*1H4. The van der Waals surface area contributed by atoms with Crippen LogP contribution in [-0.4, -0.2) is 25.5 Å². The molecule has 0 aliphatic rings. The van der Waals surface area contributed by atoms with E-state index in [1.165, 1.54) is 24.3 Å². The number of nitro groups is 1. The van der Waals surface area contributed by atoms with Crippen molar-refractivity contribution in [1.29, 1.82) is 0 Å². The van der Waals surface area contributed by atoms with Gasteiger partial charge in [-0.2, -0.15) is 0 Å². The lowest BCUT2D eigenvalue weighted by molar-refractivity contribution is -0.383. The van der Waals surface area contributed by atoms with Gasteiger partial charge in [0.2, 0.25) is 5.52 Å². The first-order valence-corrected chi connectivity index (χ1v) is 12.2. The molecule has 0 atom stereocenters. The summed E-state index contributed by atoms with van der Waals surface area (Å²) in [4.78, 5) is 10.7. The zero-order valence-corrected chi connectivity index (χ0v) is 21.7. The van der Waals surface area contributed by atoms with E-state index in [2.05, 4.69) is 29.9 Å². The second-order valence-electron chi connectivity index (χ2n) is 8.64. The van der Waals surface area contributed by atoms with Crippen LogP contribution in [0.4, 0.5) is 20.2 Å². The summed E-state index contributed by atoms with van der Waals surface area (Å²) in [6, 6.07) is 15.1. The number of hydrogen-bond donors (Lipinski definition) is 1. The average Bonchev–Trinajstić information content (AvgIpc) is 3.55. The summed E-state index contributed by atoms with van der Waals surface area (Å²) >= 11 is 11.6. The van der Waals surface area contributed by atoms with Crippen LogP contribution < -0.4 is 5.73 Å². The van der Waals surface area contributed by atoms with Gasteiger partial charge < -0.3 is 5.73 Å². The molecular weight excluding hydrogens is 617 g/mol. The summed E-state index contributed by atoms with van der Waals surface area (Å²) in [6.45, 7) is 0. The number of benzene rings is 4. The second kappa shape index (κ2) is 15.7. The Labute approximate surface area is 262 Å². The van der Waals surface area contributed by atoms with Gasteiger partial charge in [-0.3, -0.25) is 10.1 Å². The molecule has 2 N–H and O–H groups in total. The van der Waals surface area contributed by atoms with Crippen molar-refractivity contribution in [3.8, 4) is 0 Å². The normalized spacial score (nSPS) is 10.0. The number of nitro benzene ring substituents is 1. The predicted octanol–water partition coefficient (Wildman–Crippen LogP) is 9.25. The minimum absolute atomic E-state index is 0. The van der Waals surface area contributed by atoms with Gasteiger partial charge >= 0.3 is 5.69 Å². The first-order valence-electron chi connectivity index (χ1n) is 11.5. The van der Waals surface area contributed by atoms with Gasteiger partial charge in [-0.25, -0.2) is 18.0 Å². The van der Waals surface area contributed by atoms with Crippen LogP contribution >= 0.6 is 23.2 Å². The Hall–Kier alpha value is -4.68. The van der Waals surface area contributed by atoms with E-state index in [0.29, 0.717) is 44.8 Å². The minimum Gasteiger partial charge on any atom is -0.397 e. The van der Waals surface area contributed by atoms with Crippen molar-refractivity contribution in [3.63, 3.8) is 0 Å². The van der Waals surface area contributed by atoms with Crippen LogP contribution in [0.2, 0.25) is 10.0 Å². The molecule has 0 bridgehead atoms. The molecule has 0 aliphatic heterocycles. The number of aromatic nitrogens is 4. The molecule has 0 spiro atoms. The number of nitrogens with two attached hydrogens (primary N) is 1. The van der Waals surface area contributed by atoms with Crippen molar-refractivity contribution in [1.82, 2.24) is 20.6 Å². The maximum Gasteiger partial charge on any atom is 0.304 e. The lowest BCUT2D eigenvalue weighted by Crippen LogP contribution is -1.98. The van der Waals surface area contributed by atoms with Gasteiger partial charge in [0.1, 0.15) is 22.7 Å². The van der Waals surface area contributed by atoms with Crippen LogP contribution in [0.25, 0.3) is 22.1 Å². The molecule has 2 aromatic heterocycles. The third-order valence-corrected chi connectivity index (χ3v) is 6.29. The highest BCUT2D eigenvalue weighted by atomic mass is 35.5. The summed E-state index contributed by atoms with van der Waals surface area (Å²) in [5, 5.41) is 26.4. The van der Waals surface area contributed by atoms with Crippen molar-refractivity contribution in [2.75, 3.05) is 5.73 Å². The number of halogens is 4. The average molecular weight is 650 g/mol. The molecule has 0 amide bonds. The van der Waals surface area contributed by atoms with E-state index >= 15 is 0 Å². The first-order chi connectivity index (χ1) is 19.2. The van der Waals surface area contributed by atoms with Gasteiger partial charge in [0.15, 0.2) is 5.52 Å². The van der Waals surface area contributed by atoms with Crippen molar-refractivity contribution in [3.05, 3.63) is 115 Å². The number of fused-ring (bicyclic) bond motifs is 2. The van der Waals surface area contributed by atoms with Gasteiger partial charge in [-0.1, -0.05) is 59.0 Å². The van der Waals surface area contributed by atoms with E-state index in [4.69, 9.17) is 28.9 Å². The summed E-state index contributed by atoms with van der Waals surface area (Å²) < 4.78 is 35.8. The Balaban J connectivity index is 0.000000405. The number of nitrogen functional groups attached to an aromatic ring is 1. The Morgan fingerprint density at radius 1 is 0.705 bits per heavy atom. The number of anilines is 1. The number of nitrogens with zero attached hydrogens (tertiary/aromatic N) is 5. The van der Waals surface area contributed by atoms with E-state index in [1.807, 2.05) is 6.07 Å². The molecular formula is C30H32Cl2F2N6O4. The predicted molar refractivity (Wildman–Crippen MR) is 170 cm³/mol. The van der Waals surface area contributed by atoms with E-state index in [0.717, 1.165) is 11.1 Å². The third kappa shape index (κ3) is 8.23. The summed E-state index contributed by atoms with van der Waals surface area (Å²) in [5.41, 5.74) is 10.2. The highest BCUT2D eigenvalue weighted by molar-refractivity contribution is 6.30. The Morgan fingerprint density at radius 2 is 1.16 bits per heavy atom. The molecule has 44 heavy (non-hydrogen) atoms.